The van der Waals surface area contributed by atoms with Crippen molar-refractivity contribution in [1.29, 1.82) is 0 Å². The normalized spacial score (nSPS) is 11.7. The fourth-order valence-corrected chi connectivity index (χ4v) is 2.99. The van der Waals surface area contributed by atoms with Crippen LogP contribution in [-0.4, -0.2) is 32.0 Å². The molecule has 0 aliphatic rings. The number of carbonyl (C=O) groups excluding carboxylic acids is 2. The SMILES string of the molecule is Cc1cccc(C)c1NC(=O)CNC(=O)C[NH+](C)Cc1ccc(Br)cc1. The fraction of sp³-hybridized carbons (Fsp3) is 0.300. The second-order valence-electron chi connectivity index (χ2n) is 6.53. The summed E-state index contributed by atoms with van der Waals surface area (Å²) in [4.78, 5) is 25.2. The lowest BCUT2D eigenvalue weighted by molar-refractivity contribution is -0.885. The number of amides is 2. The maximum absolute atomic E-state index is 12.1. The van der Waals surface area contributed by atoms with Gasteiger partial charge in [0.2, 0.25) is 5.91 Å². The second-order valence-corrected chi connectivity index (χ2v) is 7.44. The predicted octanol–water partition coefficient (Wildman–Crippen LogP) is 1.84. The third-order valence-electron chi connectivity index (χ3n) is 4.07. The average molecular weight is 419 g/mol. The van der Waals surface area contributed by atoms with Gasteiger partial charge in [-0.25, -0.2) is 0 Å². The summed E-state index contributed by atoms with van der Waals surface area (Å²) in [5, 5.41) is 5.56. The van der Waals surface area contributed by atoms with Crippen molar-refractivity contribution in [3.05, 3.63) is 63.6 Å². The number of hydrogen-bond donors (Lipinski definition) is 3. The van der Waals surface area contributed by atoms with Crippen molar-refractivity contribution >= 4 is 33.4 Å². The first-order valence-electron chi connectivity index (χ1n) is 8.53. The zero-order valence-corrected chi connectivity index (χ0v) is 16.9. The summed E-state index contributed by atoms with van der Waals surface area (Å²) in [6.07, 6.45) is 0. The topological polar surface area (TPSA) is 62.6 Å². The molecule has 1 unspecified atom stereocenters. The van der Waals surface area contributed by atoms with Crippen molar-refractivity contribution in [1.82, 2.24) is 5.32 Å². The van der Waals surface area contributed by atoms with Crippen molar-refractivity contribution in [2.45, 2.75) is 20.4 Å². The molecule has 1 atom stereocenters. The third-order valence-corrected chi connectivity index (χ3v) is 4.60. The molecule has 138 valence electrons. The van der Waals surface area contributed by atoms with Crippen molar-refractivity contribution in [3.8, 4) is 0 Å². The Kier molecular flexibility index (Phi) is 7.36. The smallest absolute Gasteiger partial charge is 0.275 e. The Hall–Kier alpha value is -2.18. The van der Waals surface area contributed by atoms with Crippen LogP contribution in [0.4, 0.5) is 5.69 Å². The predicted molar refractivity (Wildman–Crippen MR) is 107 cm³/mol. The van der Waals surface area contributed by atoms with E-state index in [1.807, 2.05) is 63.4 Å². The number of halogens is 1. The molecule has 0 fully saturated rings. The highest BCUT2D eigenvalue weighted by atomic mass is 79.9. The standard InChI is InChI=1S/C20H24BrN3O2/c1-14-5-4-6-15(2)20(14)23-18(25)11-22-19(26)13-24(3)12-16-7-9-17(21)10-8-16/h4-10H,11-13H2,1-3H3,(H,22,26)(H,23,25)/p+1. The molecule has 2 rings (SSSR count). The zero-order valence-electron chi connectivity index (χ0n) is 15.4. The number of likely N-dealkylation sites (N-methyl/N-ethyl adjacent to an activating group) is 1. The summed E-state index contributed by atoms with van der Waals surface area (Å²) < 4.78 is 1.03. The quantitative estimate of drug-likeness (QED) is 0.642. The average Bonchev–Trinajstić information content (AvgIpc) is 2.58. The van der Waals surface area contributed by atoms with Crippen LogP contribution in [0.5, 0.6) is 0 Å². The largest absolute Gasteiger partial charge is 0.342 e. The van der Waals surface area contributed by atoms with Crippen LogP contribution in [0, 0.1) is 13.8 Å². The van der Waals surface area contributed by atoms with Crippen LogP contribution in [0.3, 0.4) is 0 Å². The number of hydrogen-bond acceptors (Lipinski definition) is 2. The van der Waals surface area contributed by atoms with Crippen molar-refractivity contribution in [2.24, 2.45) is 0 Å². The van der Waals surface area contributed by atoms with E-state index in [9.17, 15) is 9.59 Å². The molecule has 0 spiro atoms. The number of carbonyl (C=O) groups is 2. The molecule has 0 bridgehead atoms. The van der Waals surface area contributed by atoms with Gasteiger partial charge in [0.25, 0.3) is 5.91 Å². The van der Waals surface area contributed by atoms with Gasteiger partial charge in [-0.3, -0.25) is 9.59 Å². The Morgan fingerprint density at radius 1 is 1.00 bits per heavy atom. The zero-order chi connectivity index (χ0) is 19.1. The van der Waals surface area contributed by atoms with Gasteiger partial charge in [0.05, 0.1) is 13.6 Å². The van der Waals surface area contributed by atoms with E-state index in [0.29, 0.717) is 6.54 Å². The number of rotatable bonds is 7. The van der Waals surface area contributed by atoms with E-state index >= 15 is 0 Å². The molecule has 0 aromatic heterocycles. The van der Waals surface area contributed by atoms with Gasteiger partial charge in [-0.1, -0.05) is 46.3 Å². The Balaban J connectivity index is 1.77. The Labute approximate surface area is 162 Å². The molecular formula is C20H25BrN3O2+. The van der Waals surface area contributed by atoms with E-state index in [4.69, 9.17) is 0 Å². The Morgan fingerprint density at radius 2 is 1.62 bits per heavy atom. The van der Waals surface area contributed by atoms with E-state index in [1.165, 1.54) is 0 Å². The molecule has 2 amide bonds. The summed E-state index contributed by atoms with van der Waals surface area (Å²) in [6.45, 7) is 4.92. The van der Waals surface area contributed by atoms with Crippen LogP contribution < -0.4 is 15.5 Å². The summed E-state index contributed by atoms with van der Waals surface area (Å²) >= 11 is 3.41. The molecule has 5 nitrogen and oxygen atoms in total. The first-order chi connectivity index (χ1) is 12.3. The maximum atomic E-state index is 12.1. The summed E-state index contributed by atoms with van der Waals surface area (Å²) in [7, 11) is 1.96. The molecule has 0 aliphatic heterocycles. The van der Waals surface area contributed by atoms with Gasteiger partial charge >= 0.3 is 0 Å². The van der Waals surface area contributed by atoms with E-state index in [1.54, 1.807) is 0 Å². The number of nitrogens with one attached hydrogen (secondary N) is 3. The van der Waals surface area contributed by atoms with E-state index < -0.39 is 0 Å². The van der Waals surface area contributed by atoms with Gasteiger partial charge in [0.15, 0.2) is 6.54 Å². The van der Waals surface area contributed by atoms with Gasteiger partial charge in [-0.15, -0.1) is 0 Å². The molecule has 0 saturated heterocycles. The van der Waals surface area contributed by atoms with Crippen LogP contribution in [-0.2, 0) is 16.1 Å². The Bertz CT molecular complexity index is 755. The molecule has 0 saturated carbocycles. The molecule has 0 heterocycles. The lowest BCUT2D eigenvalue weighted by Crippen LogP contribution is -3.08. The van der Waals surface area contributed by atoms with E-state index in [2.05, 4.69) is 26.6 Å². The molecule has 6 heteroatoms. The Morgan fingerprint density at radius 3 is 2.23 bits per heavy atom. The van der Waals surface area contributed by atoms with Gasteiger partial charge in [-0.05, 0) is 37.1 Å². The summed E-state index contributed by atoms with van der Waals surface area (Å²) in [5.74, 6) is -0.363. The van der Waals surface area contributed by atoms with Crippen LogP contribution in [0.15, 0.2) is 46.9 Å². The van der Waals surface area contributed by atoms with Gasteiger partial charge < -0.3 is 15.5 Å². The molecule has 26 heavy (non-hydrogen) atoms. The first kappa shape index (κ1) is 20.1. The van der Waals surface area contributed by atoms with E-state index in [-0.39, 0.29) is 18.4 Å². The molecule has 2 aromatic rings. The second kappa shape index (κ2) is 9.50. The molecule has 0 aliphatic carbocycles. The number of aryl methyl sites for hydroxylation is 2. The van der Waals surface area contributed by atoms with Crippen molar-refractivity contribution in [3.63, 3.8) is 0 Å². The first-order valence-corrected chi connectivity index (χ1v) is 9.33. The number of quaternary nitrogens is 1. The maximum Gasteiger partial charge on any atom is 0.275 e. The van der Waals surface area contributed by atoms with Crippen LogP contribution >= 0.6 is 15.9 Å². The van der Waals surface area contributed by atoms with E-state index in [0.717, 1.165) is 38.3 Å². The van der Waals surface area contributed by atoms with Gasteiger partial charge in [0, 0.05) is 15.7 Å². The lowest BCUT2D eigenvalue weighted by atomic mass is 10.1. The van der Waals surface area contributed by atoms with Crippen molar-refractivity contribution in [2.75, 3.05) is 25.5 Å². The third kappa shape index (κ3) is 6.28. The van der Waals surface area contributed by atoms with Crippen molar-refractivity contribution < 1.29 is 14.5 Å². The van der Waals surface area contributed by atoms with Gasteiger partial charge in [-0.2, -0.15) is 0 Å². The van der Waals surface area contributed by atoms with Gasteiger partial charge in [0.1, 0.15) is 6.54 Å². The summed E-state index contributed by atoms with van der Waals surface area (Å²) in [5.41, 5.74) is 3.97. The molecule has 2 aromatic carbocycles. The minimum atomic E-state index is -0.221. The number of anilines is 1. The number of benzene rings is 2. The molecule has 0 radical (unpaired) electrons. The highest BCUT2D eigenvalue weighted by Gasteiger charge is 2.13. The summed E-state index contributed by atoms with van der Waals surface area (Å²) in [6, 6.07) is 13.9. The highest BCUT2D eigenvalue weighted by molar-refractivity contribution is 9.10. The van der Waals surface area contributed by atoms with Crippen LogP contribution in [0.25, 0.3) is 0 Å². The highest BCUT2D eigenvalue weighted by Crippen LogP contribution is 2.18. The van der Waals surface area contributed by atoms with Crippen LogP contribution in [0.1, 0.15) is 16.7 Å². The minimum Gasteiger partial charge on any atom is -0.342 e. The molecule has 3 N–H and O–H groups in total. The minimum absolute atomic E-state index is 0.0296. The monoisotopic (exact) mass is 418 g/mol. The number of para-hydroxylation sites is 1. The lowest BCUT2D eigenvalue weighted by Gasteiger charge is -2.15. The fourth-order valence-electron chi connectivity index (χ4n) is 2.72. The molecular weight excluding hydrogens is 394 g/mol. The van der Waals surface area contributed by atoms with Crippen LogP contribution in [0.2, 0.25) is 0 Å².